The molecule has 4 heteroatoms. The molecule has 0 radical (unpaired) electrons. The van der Waals surface area contributed by atoms with Crippen LogP contribution in [0.1, 0.15) is 15.9 Å². The molecule has 3 rings (SSSR count). The maximum atomic E-state index is 13.7. The minimum atomic E-state index is -0.581. The van der Waals surface area contributed by atoms with E-state index < -0.39 is 11.8 Å². The van der Waals surface area contributed by atoms with Gasteiger partial charge in [-0.2, -0.15) is 0 Å². The summed E-state index contributed by atoms with van der Waals surface area (Å²) < 4.78 is 24.0. The summed E-state index contributed by atoms with van der Waals surface area (Å²) in [5.74, 6) is -0.576. The van der Waals surface area contributed by atoms with E-state index in [-0.39, 0.29) is 5.56 Å². The van der Waals surface area contributed by atoms with Gasteiger partial charge in [-0.15, -0.1) is 0 Å². The molecular weight excluding hydrogens is 271 g/mol. The number of fused-ring (bicyclic) bond motifs is 1. The van der Waals surface area contributed by atoms with Crippen LogP contribution in [0.15, 0.2) is 46.9 Å². The number of benzene rings is 2. The van der Waals surface area contributed by atoms with Gasteiger partial charge in [-0.1, -0.05) is 11.6 Å². The molecular formula is C17H13FO3. The van der Waals surface area contributed by atoms with Crippen molar-refractivity contribution in [3.63, 3.8) is 0 Å². The van der Waals surface area contributed by atoms with Crippen molar-refractivity contribution in [3.8, 4) is 11.3 Å². The van der Waals surface area contributed by atoms with E-state index in [9.17, 15) is 9.18 Å². The van der Waals surface area contributed by atoms with Gasteiger partial charge in [-0.05, 0) is 43.3 Å². The van der Waals surface area contributed by atoms with Crippen molar-refractivity contribution in [1.29, 1.82) is 0 Å². The quantitative estimate of drug-likeness (QED) is 0.657. The number of hydrogen-bond acceptors (Lipinski definition) is 3. The zero-order valence-corrected chi connectivity index (χ0v) is 11.6. The van der Waals surface area contributed by atoms with Crippen LogP contribution in [0.25, 0.3) is 22.3 Å². The summed E-state index contributed by atoms with van der Waals surface area (Å²) in [5, 5.41) is 0.939. The predicted molar refractivity (Wildman–Crippen MR) is 77.7 cm³/mol. The number of furan rings is 1. The van der Waals surface area contributed by atoms with Crippen molar-refractivity contribution in [3.05, 3.63) is 59.4 Å². The highest BCUT2D eigenvalue weighted by Crippen LogP contribution is 2.29. The van der Waals surface area contributed by atoms with Crippen LogP contribution < -0.4 is 0 Å². The topological polar surface area (TPSA) is 39.4 Å². The van der Waals surface area contributed by atoms with E-state index in [1.807, 2.05) is 31.2 Å². The van der Waals surface area contributed by atoms with E-state index in [1.54, 1.807) is 6.07 Å². The molecule has 106 valence electrons. The van der Waals surface area contributed by atoms with Crippen LogP contribution in [0, 0.1) is 12.7 Å². The van der Waals surface area contributed by atoms with E-state index in [0.717, 1.165) is 22.6 Å². The highest BCUT2D eigenvalue weighted by atomic mass is 19.1. The normalized spacial score (nSPS) is 10.8. The van der Waals surface area contributed by atoms with Crippen LogP contribution in [0.4, 0.5) is 4.39 Å². The second-order valence-electron chi connectivity index (χ2n) is 4.87. The van der Waals surface area contributed by atoms with Crippen LogP contribution >= 0.6 is 0 Å². The third-order valence-corrected chi connectivity index (χ3v) is 3.28. The van der Waals surface area contributed by atoms with E-state index in [2.05, 4.69) is 4.74 Å². The molecule has 0 atom stereocenters. The van der Waals surface area contributed by atoms with Gasteiger partial charge < -0.3 is 9.15 Å². The van der Waals surface area contributed by atoms with E-state index in [4.69, 9.17) is 4.42 Å². The highest BCUT2D eigenvalue weighted by Gasteiger charge is 2.13. The lowest BCUT2D eigenvalue weighted by Crippen LogP contribution is -2.01. The maximum absolute atomic E-state index is 13.7. The lowest BCUT2D eigenvalue weighted by Gasteiger charge is -2.02. The fourth-order valence-corrected chi connectivity index (χ4v) is 2.27. The fraction of sp³-hybridized carbons (Fsp3) is 0.118. The van der Waals surface area contributed by atoms with E-state index in [1.165, 1.54) is 13.2 Å². The Hall–Kier alpha value is -2.62. The van der Waals surface area contributed by atoms with Crippen molar-refractivity contribution in [1.82, 2.24) is 0 Å². The zero-order valence-electron chi connectivity index (χ0n) is 11.6. The first-order valence-electron chi connectivity index (χ1n) is 6.46. The minimum absolute atomic E-state index is 0.157. The molecule has 0 bridgehead atoms. The van der Waals surface area contributed by atoms with Crippen LogP contribution in [0.2, 0.25) is 0 Å². The Bertz CT molecular complexity index is 833. The fourth-order valence-electron chi connectivity index (χ4n) is 2.27. The van der Waals surface area contributed by atoms with Crippen LogP contribution in [0.3, 0.4) is 0 Å². The molecule has 0 aliphatic rings. The SMILES string of the molecule is COC(=O)c1cc(F)cc(-c2cc3cc(C)ccc3o2)c1. The largest absolute Gasteiger partial charge is 0.465 e. The zero-order chi connectivity index (χ0) is 15.0. The molecule has 0 aliphatic heterocycles. The number of halogens is 1. The Morgan fingerprint density at radius 1 is 1.14 bits per heavy atom. The summed E-state index contributed by atoms with van der Waals surface area (Å²) in [5.41, 5.74) is 2.50. The van der Waals surface area contributed by atoms with Crippen LogP contribution in [0.5, 0.6) is 0 Å². The molecule has 1 heterocycles. The van der Waals surface area contributed by atoms with Crippen molar-refractivity contribution in [2.45, 2.75) is 6.92 Å². The molecule has 0 N–H and O–H groups in total. The molecule has 0 fully saturated rings. The van der Waals surface area contributed by atoms with E-state index >= 15 is 0 Å². The summed E-state index contributed by atoms with van der Waals surface area (Å²) in [6, 6.07) is 11.7. The van der Waals surface area contributed by atoms with Crippen LogP contribution in [-0.2, 0) is 4.74 Å². The van der Waals surface area contributed by atoms with Gasteiger partial charge in [0.2, 0.25) is 0 Å². The molecule has 1 aromatic heterocycles. The number of aryl methyl sites for hydroxylation is 1. The number of esters is 1. The summed E-state index contributed by atoms with van der Waals surface area (Å²) in [6.07, 6.45) is 0. The molecule has 3 aromatic rings. The average Bonchev–Trinajstić information content (AvgIpc) is 2.88. The van der Waals surface area contributed by atoms with E-state index in [0.29, 0.717) is 11.3 Å². The lowest BCUT2D eigenvalue weighted by atomic mass is 10.1. The monoisotopic (exact) mass is 284 g/mol. The Kier molecular flexibility index (Phi) is 3.22. The van der Waals surface area contributed by atoms with Gasteiger partial charge in [-0.25, -0.2) is 9.18 Å². The van der Waals surface area contributed by atoms with Gasteiger partial charge in [0.15, 0.2) is 0 Å². The molecule has 2 aromatic carbocycles. The third-order valence-electron chi connectivity index (χ3n) is 3.28. The second-order valence-corrected chi connectivity index (χ2v) is 4.87. The summed E-state index contributed by atoms with van der Waals surface area (Å²) >= 11 is 0. The third kappa shape index (κ3) is 2.52. The molecule has 0 aliphatic carbocycles. The predicted octanol–water partition coefficient (Wildman–Crippen LogP) is 4.33. The molecule has 0 saturated carbocycles. The molecule has 0 spiro atoms. The average molecular weight is 284 g/mol. The van der Waals surface area contributed by atoms with Crippen molar-refractivity contribution in [2.75, 3.05) is 7.11 Å². The van der Waals surface area contributed by atoms with Gasteiger partial charge in [0.1, 0.15) is 17.2 Å². The van der Waals surface area contributed by atoms with Gasteiger partial charge in [0.25, 0.3) is 0 Å². The smallest absolute Gasteiger partial charge is 0.337 e. The van der Waals surface area contributed by atoms with Crippen LogP contribution in [-0.4, -0.2) is 13.1 Å². The first-order valence-corrected chi connectivity index (χ1v) is 6.46. The molecule has 0 amide bonds. The Morgan fingerprint density at radius 3 is 2.71 bits per heavy atom. The first kappa shape index (κ1) is 13.4. The number of carbonyl (C=O) groups is 1. The second kappa shape index (κ2) is 5.05. The highest BCUT2D eigenvalue weighted by molar-refractivity contribution is 5.91. The van der Waals surface area contributed by atoms with Crippen molar-refractivity contribution >= 4 is 16.9 Å². The Labute approximate surface area is 120 Å². The Balaban J connectivity index is 2.13. The lowest BCUT2D eigenvalue weighted by molar-refractivity contribution is 0.0600. The maximum Gasteiger partial charge on any atom is 0.337 e. The molecule has 0 unspecified atom stereocenters. The summed E-state index contributed by atoms with van der Waals surface area (Å²) in [4.78, 5) is 11.5. The number of rotatable bonds is 2. The number of carbonyl (C=O) groups excluding carboxylic acids is 1. The van der Waals surface area contributed by atoms with Gasteiger partial charge in [0, 0.05) is 10.9 Å². The summed E-state index contributed by atoms with van der Waals surface area (Å²) in [7, 11) is 1.26. The number of methoxy groups -OCH3 is 1. The molecule has 3 nitrogen and oxygen atoms in total. The first-order chi connectivity index (χ1) is 10.1. The number of ether oxygens (including phenoxy) is 1. The Morgan fingerprint density at radius 2 is 1.95 bits per heavy atom. The molecule has 0 saturated heterocycles. The van der Waals surface area contributed by atoms with Gasteiger partial charge in [0.05, 0.1) is 12.7 Å². The minimum Gasteiger partial charge on any atom is -0.465 e. The molecule has 21 heavy (non-hydrogen) atoms. The summed E-state index contributed by atoms with van der Waals surface area (Å²) in [6.45, 7) is 1.99. The van der Waals surface area contributed by atoms with Crippen molar-refractivity contribution in [2.24, 2.45) is 0 Å². The van der Waals surface area contributed by atoms with Gasteiger partial charge >= 0.3 is 5.97 Å². The number of hydrogen-bond donors (Lipinski definition) is 0. The standard InChI is InChI=1S/C17H13FO3/c1-10-3-4-15-11(5-10)9-16(21-15)12-6-13(17(19)20-2)8-14(18)7-12/h3-9H,1-2H3. The van der Waals surface area contributed by atoms with Gasteiger partial charge in [-0.3, -0.25) is 0 Å². The van der Waals surface area contributed by atoms with Crippen molar-refractivity contribution < 1.29 is 18.3 Å².